The zero-order valence-corrected chi connectivity index (χ0v) is 18.1. The van der Waals surface area contributed by atoms with Crippen molar-refractivity contribution in [2.24, 2.45) is 0 Å². The number of carbonyl (C=O) groups is 2. The highest BCUT2D eigenvalue weighted by Crippen LogP contribution is 2.19. The maximum atomic E-state index is 12.5. The molecule has 0 fully saturated rings. The number of nitrogens with one attached hydrogen (secondary N) is 3. The Hall–Kier alpha value is -3.25. The maximum Gasteiger partial charge on any atom is 0.251 e. The van der Waals surface area contributed by atoms with Gasteiger partial charge >= 0.3 is 0 Å². The number of benzene rings is 3. The zero-order chi connectivity index (χ0) is 21.7. The molecule has 0 atom stereocenters. The molecule has 2 amide bonds. The molecule has 30 heavy (non-hydrogen) atoms. The Balaban J connectivity index is 1.62. The molecule has 0 bridgehead atoms. The molecule has 0 saturated carbocycles. The first-order valence-corrected chi connectivity index (χ1v) is 10.1. The summed E-state index contributed by atoms with van der Waals surface area (Å²) in [6.07, 6.45) is 0.219. The fraction of sp³-hybridized carbons (Fsp3) is 0.208. The summed E-state index contributed by atoms with van der Waals surface area (Å²) in [5.41, 5.74) is 1.76. The third kappa shape index (κ3) is 5.87. The standard InChI is InChI=1S/C24H25N3O2S/c1-24(2,3)27-22(29)18-11-7-12-19(14-18)25-23(30)26-21(28)15-17-10-6-9-16-8-4-5-13-20(16)17/h4-14H,15H2,1-3H3,(H,27,29)(H2,25,26,28,30). The van der Waals surface area contributed by atoms with E-state index in [9.17, 15) is 9.59 Å². The molecule has 0 saturated heterocycles. The largest absolute Gasteiger partial charge is 0.347 e. The molecule has 0 radical (unpaired) electrons. The van der Waals surface area contributed by atoms with Crippen LogP contribution in [0.4, 0.5) is 5.69 Å². The van der Waals surface area contributed by atoms with Gasteiger partial charge < -0.3 is 16.0 Å². The van der Waals surface area contributed by atoms with E-state index in [1.54, 1.807) is 24.3 Å². The van der Waals surface area contributed by atoms with Gasteiger partial charge in [-0.2, -0.15) is 0 Å². The lowest BCUT2D eigenvalue weighted by molar-refractivity contribution is -0.119. The van der Waals surface area contributed by atoms with Gasteiger partial charge in [0.25, 0.3) is 5.91 Å². The van der Waals surface area contributed by atoms with Crippen LogP contribution in [0.15, 0.2) is 66.7 Å². The van der Waals surface area contributed by atoms with Crippen molar-refractivity contribution in [2.45, 2.75) is 32.7 Å². The molecule has 6 heteroatoms. The first-order chi connectivity index (χ1) is 14.2. The van der Waals surface area contributed by atoms with E-state index in [-0.39, 0.29) is 28.9 Å². The summed E-state index contributed by atoms with van der Waals surface area (Å²) >= 11 is 5.28. The number of carbonyl (C=O) groups excluding carboxylic acids is 2. The molecule has 0 aliphatic heterocycles. The van der Waals surface area contributed by atoms with Crippen LogP contribution < -0.4 is 16.0 Å². The van der Waals surface area contributed by atoms with Crippen molar-refractivity contribution < 1.29 is 9.59 Å². The van der Waals surface area contributed by atoms with Gasteiger partial charge in [-0.25, -0.2) is 0 Å². The van der Waals surface area contributed by atoms with Crippen molar-refractivity contribution >= 4 is 45.6 Å². The Bertz CT molecular complexity index is 1100. The molecule has 0 aliphatic rings. The van der Waals surface area contributed by atoms with Gasteiger partial charge in [0.05, 0.1) is 6.42 Å². The van der Waals surface area contributed by atoms with E-state index in [0.717, 1.165) is 16.3 Å². The van der Waals surface area contributed by atoms with Gasteiger partial charge in [-0.05, 0) is 67.5 Å². The molecule has 3 N–H and O–H groups in total. The number of anilines is 1. The molecule has 3 rings (SSSR count). The quantitative estimate of drug-likeness (QED) is 0.548. The molecular formula is C24H25N3O2S. The van der Waals surface area contributed by atoms with E-state index >= 15 is 0 Å². The molecular weight excluding hydrogens is 394 g/mol. The van der Waals surface area contributed by atoms with Crippen LogP contribution in [0.25, 0.3) is 10.8 Å². The third-order valence-electron chi connectivity index (χ3n) is 4.36. The molecule has 0 unspecified atom stereocenters. The second-order valence-corrected chi connectivity index (χ2v) is 8.51. The van der Waals surface area contributed by atoms with Gasteiger partial charge in [-0.15, -0.1) is 0 Å². The van der Waals surface area contributed by atoms with Crippen molar-refractivity contribution in [3.05, 3.63) is 77.9 Å². The third-order valence-corrected chi connectivity index (χ3v) is 4.56. The average Bonchev–Trinajstić information content (AvgIpc) is 2.67. The Morgan fingerprint density at radius 2 is 1.63 bits per heavy atom. The van der Waals surface area contributed by atoms with Crippen molar-refractivity contribution in [3.8, 4) is 0 Å². The van der Waals surface area contributed by atoms with Crippen molar-refractivity contribution in [2.75, 3.05) is 5.32 Å². The lowest BCUT2D eigenvalue weighted by Gasteiger charge is -2.20. The highest BCUT2D eigenvalue weighted by molar-refractivity contribution is 7.80. The number of fused-ring (bicyclic) bond motifs is 1. The number of amides is 2. The minimum atomic E-state index is -0.328. The molecule has 0 aromatic heterocycles. The Labute approximate surface area is 181 Å². The van der Waals surface area contributed by atoms with Gasteiger partial charge in [0.2, 0.25) is 5.91 Å². The van der Waals surface area contributed by atoms with Crippen molar-refractivity contribution in [1.82, 2.24) is 10.6 Å². The summed E-state index contributed by atoms with van der Waals surface area (Å²) in [5, 5.41) is 10.9. The zero-order valence-electron chi connectivity index (χ0n) is 17.3. The van der Waals surface area contributed by atoms with E-state index in [1.807, 2.05) is 63.2 Å². The van der Waals surface area contributed by atoms with Crippen molar-refractivity contribution in [3.63, 3.8) is 0 Å². The van der Waals surface area contributed by atoms with Crippen LogP contribution in [0.3, 0.4) is 0 Å². The van der Waals surface area contributed by atoms with Crippen LogP contribution in [-0.4, -0.2) is 22.5 Å². The highest BCUT2D eigenvalue weighted by atomic mass is 32.1. The van der Waals surface area contributed by atoms with E-state index in [2.05, 4.69) is 16.0 Å². The topological polar surface area (TPSA) is 70.2 Å². The number of thiocarbonyl (C=S) groups is 1. The van der Waals surface area contributed by atoms with Crippen LogP contribution in [0, 0.1) is 0 Å². The first kappa shape index (κ1) is 21.5. The van der Waals surface area contributed by atoms with Crippen LogP contribution in [-0.2, 0) is 11.2 Å². The van der Waals surface area contributed by atoms with Crippen LogP contribution in [0.1, 0.15) is 36.7 Å². The molecule has 3 aromatic rings. The summed E-state index contributed by atoms with van der Waals surface area (Å²) in [5.74, 6) is -0.373. The van der Waals surface area contributed by atoms with Gasteiger partial charge in [0.15, 0.2) is 5.11 Å². The van der Waals surface area contributed by atoms with Crippen LogP contribution in [0.2, 0.25) is 0 Å². The SMILES string of the molecule is CC(C)(C)NC(=O)c1cccc(NC(=S)NC(=O)Cc2cccc3ccccc23)c1. The Morgan fingerprint density at radius 1 is 0.933 bits per heavy atom. The van der Waals surface area contributed by atoms with E-state index in [4.69, 9.17) is 12.2 Å². The maximum absolute atomic E-state index is 12.5. The lowest BCUT2D eigenvalue weighted by Crippen LogP contribution is -2.40. The number of hydrogen-bond acceptors (Lipinski definition) is 3. The smallest absolute Gasteiger partial charge is 0.251 e. The minimum absolute atomic E-state index is 0.169. The number of hydrogen-bond donors (Lipinski definition) is 3. The summed E-state index contributed by atoms with van der Waals surface area (Å²) in [6, 6.07) is 20.8. The van der Waals surface area contributed by atoms with Gasteiger partial charge in [-0.1, -0.05) is 48.5 Å². The van der Waals surface area contributed by atoms with Crippen molar-refractivity contribution in [1.29, 1.82) is 0 Å². The van der Waals surface area contributed by atoms with Gasteiger partial charge in [0.1, 0.15) is 0 Å². The summed E-state index contributed by atoms with van der Waals surface area (Å²) in [7, 11) is 0. The predicted molar refractivity (Wildman–Crippen MR) is 126 cm³/mol. The van der Waals surface area contributed by atoms with Crippen LogP contribution in [0.5, 0.6) is 0 Å². The summed E-state index contributed by atoms with van der Waals surface area (Å²) in [6.45, 7) is 5.77. The molecule has 5 nitrogen and oxygen atoms in total. The predicted octanol–water partition coefficient (Wildman–Crippen LogP) is 4.42. The van der Waals surface area contributed by atoms with E-state index in [1.165, 1.54) is 0 Å². The Kier molecular flexibility index (Phi) is 6.47. The van der Waals surface area contributed by atoms with Gasteiger partial charge in [-0.3, -0.25) is 9.59 Å². The second-order valence-electron chi connectivity index (χ2n) is 8.10. The summed E-state index contributed by atoms with van der Waals surface area (Å²) < 4.78 is 0. The summed E-state index contributed by atoms with van der Waals surface area (Å²) in [4.78, 5) is 24.8. The fourth-order valence-electron chi connectivity index (χ4n) is 3.10. The van der Waals surface area contributed by atoms with E-state index < -0.39 is 0 Å². The minimum Gasteiger partial charge on any atom is -0.347 e. The molecule has 0 spiro atoms. The molecule has 154 valence electrons. The normalized spacial score (nSPS) is 11.0. The number of rotatable bonds is 4. The molecule has 0 heterocycles. The van der Waals surface area contributed by atoms with Crippen LogP contribution >= 0.6 is 12.2 Å². The monoisotopic (exact) mass is 419 g/mol. The fourth-order valence-corrected chi connectivity index (χ4v) is 3.34. The Morgan fingerprint density at radius 3 is 2.40 bits per heavy atom. The molecule has 0 aliphatic carbocycles. The molecule has 3 aromatic carbocycles. The second kappa shape index (κ2) is 9.05. The highest BCUT2D eigenvalue weighted by Gasteiger charge is 2.15. The lowest BCUT2D eigenvalue weighted by atomic mass is 10.0. The average molecular weight is 420 g/mol. The first-order valence-electron chi connectivity index (χ1n) is 9.71. The van der Waals surface area contributed by atoms with Gasteiger partial charge in [0, 0.05) is 16.8 Å². The van der Waals surface area contributed by atoms with E-state index in [0.29, 0.717) is 11.3 Å².